The van der Waals surface area contributed by atoms with Crippen molar-refractivity contribution in [3.8, 4) is 0 Å². The van der Waals surface area contributed by atoms with Gasteiger partial charge in [-0.2, -0.15) is 0 Å². The molecule has 2 unspecified atom stereocenters. The van der Waals surface area contributed by atoms with Crippen LogP contribution >= 0.6 is 0 Å². The molecule has 2 atom stereocenters. The number of ether oxygens (including phenoxy) is 3. The highest BCUT2D eigenvalue weighted by molar-refractivity contribution is 5.69. The molecule has 0 radical (unpaired) electrons. The number of carbonyl (C=O) groups excluding carboxylic acids is 2. The number of alkyl carbamates (subject to hydrolysis) is 1. The van der Waals surface area contributed by atoms with Crippen molar-refractivity contribution in [2.75, 3.05) is 26.4 Å². The smallest absolute Gasteiger partial charge is 0.407 e. The number of rotatable bonds is 22. The van der Waals surface area contributed by atoms with Crippen LogP contribution in [0.1, 0.15) is 129 Å². The van der Waals surface area contributed by atoms with Gasteiger partial charge in [-0.1, -0.05) is 104 Å². The highest BCUT2D eigenvalue weighted by Gasteiger charge is 2.27. The molecule has 1 fully saturated rings. The molecule has 1 amide bonds. The molecule has 1 rings (SSSR count). The second-order valence-corrected chi connectivity index (χ2v) is 9.97. The van der Waals surface area contributed by atoms with E-state index in [1.807, 2.05) is 0 Å². The van der Waals surface area contributed by atoms with Crippen LogP contribution in [0.25, 0.3) is 0 Å². The number of hydrogen-bond donors (Lipinski definition) is 1. The maximum absolute atomic E-state index is 11.9. The quantitative estimate of drug-likeness (QED) is 0.129. The second-order valence-electron chi connectivity index (χ2n) is 9.97. The molecule has 0 aromatic carbocycles. The summed E-state index contributed by atoms with van der Waals surface area (Å²) in [6.07, 6.45) is 21.0. The van der Waals surface area contributed by atoms with Gasteiger partial charge in [-0.25, -0.2) is 4.79 Å². The zero-order valence-corrected chi connectivity index (χ0v) is 22.3. The maximum Gasteiger partial charge on any atom is 0.407 e. The summed E-state index contributed by atoms with van der Waals surface area (Å²) >= 11 is 0. The molecule has 34 heavy (non-hydrogen) atoms. The zero-order chi connectivity index (χ0) is 24.7. The van der Waals surface area contributed by atoms with E-state index in [-0.39, 0.29) is 24.1 Å². The molecule has 1 saturated heterocycles. The Labute approximate surface area is 209 Å². The second kappa shape index (κ2) is 22.2. The lowest BCUT2D eigenvalue weighted by molar-refractivity contribution is -0.147. The molecule has 0 aliphatic carbocycles. The van der Waals surface area contributed by atoms with Crippen molar-refractivity contribution in [3.63, 3.8) is 0 Å². The fourth-order valence-corrected chi connectivity index (χ4v) is 4.37. The Kier molecular flexibility index (Phi) is 20.0. The van der Waals surface area contributed by atoms with Crippen LogP contribution in [0.4, 0.5) is 4.79 Å². The van der Waals surface area contributed by atoms with E-state index in [9.17, 15) is 9.59 Å². The third-order valence-electron chi connectivity index (χ3n) is 6.58. The Bertz CT molecular complexity index is 499. The monoisotopic (exact) mass is 483 g/mol. The molecule has 0 aromatic rings. The molecule has 0 bridgehead atoms. The van der Waals surface area contributed by atoms with Crippen LogP contribution in [0.3, 0.4) is 0 Å². The van der Waals surface area contributed by atoms with E-state index in [1.165, 1.54) is 70.6 Å². The van der Waals surface area contributed by atoms with E-state index in [1.54, 1.807) is 0 Å². The van der Waals surface area contributed by atoms with E-state index in [0.717, 1.165) is 38.5 Å². The van der Waals surface area contributed by atoms with E-state index in [0.29, 0.717) is 32.8 Å². The molecule has 6 heteroatoms. The number of carbonyl (C=O) groups is 2. The van der Waals surface area contributed by atoms with Crippen molar-refractivity contribution in [2.45, 2.75) is 136 Å². The van der Waals surface area contributed by atoms with Gasteiger partial charge in [-0.05, 0) is 19.3 Å². The van der Waals surface area contributed by atoms with Crippen molar-refractivity contribution < 1.29 is 23.8 Å². The van der Waals surface area contributed by atoms with Gasteiger partial charge in [0.2, 0.25) is 0 Å². The van der Waals surface area contributed by atoms with Gasteiger partial charge in [0, 0.05) is 18.9 Å². The highest BCUT2D eigenvalue weighted by Crippen LogP contribution is 2.20. The van der Waals surface area contributed by atoms with Crippen LogP contribution in [0.2, 0.25) is 0 Å². The van der Waals surface area contributed by atoms with Crippen LogP contribution in [-0.2, 0) is 19.0 Å². The lowest BCUT2D eigenvalue weighted by Gasteiger charge is -2.11. The number of amides is 1. The first-order valence-corrected chi connectivity index (χ1v) is 14.3. The summed E-state index contributed by atoms with van der Waals surface area (Å²) in [5, 5.41) is 2.85. The Morgan fingerprint density at radius 3 is 1.91 bits per heavy atom. The average molecular weight is 484 g/mol. The van der Waals surface area contributed by atoms with Crippen LogP contribution in [0, 0.1) is 5.92 Å². The molecule has 1 aliphatic rings. The lowest BCUT2D eigenvalue weighted by Crippen LogP contribution is -2.27. The SMILES string of the molecule is CCCCCCCCCCCCCCCNC(=O)OCC1COC(COC(=O)CCCCC)C1. The number of esters is 1. The number of unbranched alkanes of at least 4 members (excludes halogenated alkanes) is 14. The molecule has 6 nitrogen and oxygen atoms in total. The Morgan fingerprint density at radius 2 is 1.29 bits per heavy atom. The number of nitrogens with one attached hydrogen (secondary N) is 1. The first-order chi connectivity index (χ1) is 16.7. The Morgan fingerprint density at radius 1 is 0.735 bits per heavy atom. The summed E-state index contributed by atoms with van der Waals surface area (Å²) in [7, 11) is 0. The summed E-state index contributed by atoms with van der Waals surface area (Å²) < 4.78 is 16.3. The molecule has 200 valence electrons. The minimum atomic E-state index is -0.343. The minimum Gasteiger partial charge on any atom is -0.463 e. The van der Waals surface area contributed by atoms with Crippen molar-refractivity contribution in [1.82, 2.24) is 5.32 Å². The summed E-state index contributed by atoms with van der Waals surface area (Å²) in [5.41, 5.74) is 0. The van der Waals surface area contributed by atoms with Crippen LogP contribution in [-0.4, -0.2) is 44.5 Å². The lowest BCUT2D eigenvalue weighted by atomic mass is 10.0. The molecule has 0 aromatic heterocycles. The van der Waals surface area contributed by atoms with Crippen molar-refractivity contribution in [1.29, 1.82) is 0 Å². The third kappa shape index (κ3) is 18.1. The molecule has 0 spiro atoms. The van der Waals surface area contributed by atoms with Gasteiger partial charge >= 0.3 is 12.1 Å². The predicted molar refractivity (Wildman–Crippen MR) is 138 cm³/mol. The van der Waals surface area contributed by atoms with Crippen LogP contribution in [0.5, 0.6) is 0 Å². The fraction of sp³-hybridized carbons (Fsp3) is 0.929. The van der Waals surface area contributed by atoms with Gasteiger partial charge in [0.05, 0.1) is 19.3 Å². The van der Waals surface area contributed by atoms with Gasteiger partial charge < -0.3 is 19.5 Å². The van der Waals surface area contributed by atoms with Gasteiger partial charge in [0.15, 0.2) is 0 Å². The standard InChI is InChI=1S/C28H53NO5/c1-3-5-7-8-9-10-11-12-13-14-15-16-18-20-29-28(31)34-23-25-21-26(32-22-25)24-33-27(30)19-17-6-4-2/h25-26H,3-24H2,1-2H3,(H,29,31). The van der Waals surface area contributed by atoms with Gasteiger partial charge in [0.25, 0.3) is 0 Å². The van der Waals surface area contributed by atoms with Crippen LogP contribution in [0.15, 0.2) is 0 Å². The summed E-state index contributed by atoms with van der Waals surface area (Å²) in [5.74, 6) is 0.0233. The topological polar surface area (TPSA) is 73.9 Å². The molecule has 1 heterocycles. The highest BCUT2D eigenvalue weighted by atomic mass is 16.6. The van der Waals surface area contributed by atoms with Crippen molar-refractivity contribution in [3.05, 3.63) is 0 Å². The Balaban J connectivity index is 1.86. The first-order valence-electron chi connectivity index (χ1n) is 14.3. The van der Waals surface area contributed by atoms with Crippen LogP contribution < -0.4 is 5.32 Å². The van der Waals surface area contributed by atoms with Crippen molar-refractivity contribution >= 4 is 12.1 Å². The largest absolute Gasteiger partial charge is 0.463 e. The zero-order valence-electron chi connectivity index (χ0n) is 22.3. The summed E-state index contributed by atoms with van der Waals surface area (Å²) in [4.78, 5) is 23.6. The third-order valence-corrected chi connectivity index (χ3v) is 6.58. The number of hydrogen-bond acceptors (Lipinski definition) is 5. The van der Waals surface area contributed by atoms with Gasteiger partial charge in [-0.3, -0.25) is 4.79 Å². The van der Waals surface area contributed by atoms with Crippen molar-refractivity contribution in [2.24, 2.45) is 5.92 Å². The first kappa shape index (κ1) is 30.7. The normalized spacial score (nSPS) is 17.6. The molecular formula is C28H53NO5. The average Bonchev–Trinajstić information content (AvgIpc) is 3.30. The van der Waals surface area contributed by atoms with Gasteiger partial charge in [0.1, 0.15) is 6.61 Å². The van der Waals surface area contributed by atoms with Gasteiger partial charge in [-0.15, -0.1) is 0 Å². The summed E-state index contributed by atoms with van der Waals surface area (Å²) in [6.45, 7) is 6.25. The van der Waals surface area contributed by atoms with E-state index in [4.69, 9.17) is 14.2 Å². The molecular weight excluding hydrogens is 430 g/mol. The predicted octanol–water partition coefficient (Wildman–Crippen LogP) is 7.33. The maximum atomic E-state index is 11.9. The fourth-order valence-electron chi connectivity index (χ4n) is 4.37. The molecule has 0 saturated carbocycles. The molecule has 1 aliphatic heterocycles. The molecule has 1 N–H and O–H groups in total. The summed E-state index contributed by atoms with van der Waals surface area (Å²) in [6, 6.07) is 0. The van der Waals surface area contributed by atoms with E-state index >= 15 is 0 Å². The van der Waals surface area contributed by atoms with E-state index in [2.05, 4.69) is 19.2 Å². The minimum absolute atomic E-state index is 0.0856. The van der Waals surface area contributed by atoms with E-state index < -0.39 is 0 Å². The Hall–Kier alpha value is -1.30.